The fraction of sp³-hybridized carbons (Fsp3) is 0.0769. The summed E-state index contributed by atoms with van der Waals surface area (Å²) < 4.78 is 15.2. The van der Waals surface area contributed by atoms with Gasteiger partial charge in [-0.3, -0.25) is 4.98 Å². The molecule has 0 aliphatic heterocycles. The Balaban J connectivity index is 2.31. The third-order valence-electron chi connectivity index (χ3n) is 2.94. The highest BCUT2D eigenvalue weighted by atomic mass is 19.1. The van der Waals surface area contributed by atoms with Gasteiger partial charge >= 0.3 is 0 Å². The molecule has 3 aromatic rings. The van der Waals surface area contributed by atoms with Crippen molar-refractivity contribution in [3.8, 4) is 11.4 Å². The Morgan fingerprint density at radius 3 is 2.89 bits per heavy atom. The van der Waals surface area contributed by atoms with Crippen LogP contribution in [0.15, 0.2) is 36.7 Å². The van der Waals surface area contributed by atoms with Crippen molar-refractivity contribution in [2.45, 2.75) is 0 Å². The van der Waals surface area contributed by atoms with Gasteiger partial charge in [0.15, 0.2) is 0 Å². The summed E-state index contributed by atoms with van der Waals surface area (Å²) >= 11 is 0. The molecule has 2 heterocycles. The van der Waals surface area contributed by atoms with Crippen molar-refractivity contribution < 1.29 is 4.39 Å². The first-order chi connectivity index (χ1) is 8.66. The van der Waals surface area contributed by atoms with Gasteiger partial charge in [0.1, 0.15) is 17.2 Å². The van der Waals surface area contributed by atoms with Gasteiger partial charge in [0, 0.05) is 24.5 Å². The number of pyridine rings is 1. The lowest BCUT2D eigenvalue weighted by molar-refractivity contribution is 0.628. The fourth-order valence-electron chi connectivity index (χ4n) is 2.01. The fourth-order valence-corrected chi connectivity index (χ4v) is 2.01. The van der Waals surface area contributed by atoms with Gasteiger partial charge in [-0.15, -0.1) is 0 Å². The van der Waals surface area contributed by atoms with Gasteiger partial charge < -0.3 is 10.3 Å². The van der Waals surface area contributed by atoms with Gasteiger partial charge in [-0.2, -0.15) is 0 Å². The molecule has 0 amide bonds. The molecule has 4 nitrogen and oxygen atoms in total. The second-order valence-corrected chi connectivity index (χ2v) is 4.09. The number of anilines is 1. The van der Waals surface area contributed by atoms with E-state index in [9.17, 15) is 4.39 Å². The molecule has 0 fully saturated rings. The van der Waals surface area contributed by atoms with Crippen molar-refractivity contribution in [1.29, 1.82) is 0 Å². The maximum atomic E-state index is 13.3. The van der Waals surface area contributed by atoms with E-state index in [1.54, 1.807) is 18.5 Å². The Labute approximate surface area is 103 Å². The molecule has 2 N–H and O–H groups in total. The van der Waals surface area contributed by atoms with Crippen LogP contribution in [0.1, 0.15) is 0 Å². The second-order valence-electron chi connectivity index (χ2n) is 4.09. The van der Waals surface area contributed by atoms with Crippen molar-refractivity contribution >= 4 is 16.7 Å². The molecule has 0 saturated heterocycles. The van der Waals surface area contributed by atoms with Gasteiger partial charge in [0.05, 0.1) is 11.7 Å². The minimum Gasteiger partial charge on any atom is -0.398 e. The summed E-state index contributed by atoms with van der Waals surface area (Å²) in [6.45, 7) is 0. The normalized spacial score (nSPS) is 11.0. The number of rotatable bonds is 1. The number of nitrogen functional groups attached to an aromatic ring is 1. The van der Waals surface area contributed by atoms with Crippen LogP contribution in [0, 0.1) is 5.82 Å². The Hall–Kier alpha value is -2.43. The molecule has 0 aliphatic rings. The molecular weight excluding hydrogens is 231 g/mol. The number of aromatic nitrogens is 3. The molecule has 0 atom stereocenters. The lowest BCUT2D eigenvalue weighted by Gasteiger charge is -2.05. The molecule has 0 unspecified atom stereocenters. The minimum absolute atomic E-state index is 0.329. The van der Waals surface area contributed by atoms with Gasteiger partial charge in [0.2, 0.25) is 0 Å². The summed E-state index contributed by atoms with van der Waals surface area (Å²) in [6, 6.07) is 6.14. The highest BCUT2D eigenvalue weighted by Crippen LogP contribution is 2.28. The zero-order chi connectivity index (χ0) is 12.7. The molecule has 5 heteroatoms. The highest BCUT2D eigenvalue weighted by Gasteiger charge is 2.12. The lowest BCUT2D eigenvalue weighted by Crippen LogP contribution is -1.97. The number of nitrogens with two attached hydrogens (primary N) is 1. The largest absolute Gasteiger partial charge is 0.398 e. The van der Waals surface area contributed by atoms with E-state index in [-0.39, 0.29) is 5.82 Å². The highest BCUT2D eigenvalue weighted by molar-refractivity contribution is 5.82. The maximum Gasteiger partial charge on any atom is 0.143 e. The predicted molar refractivity (Wildman–Crippen MR) is 68.3 cm³/mol. The zero-order valence-corrected chi connectivity index (χ0v) is 9.76. The zero-order valence-electron chi connectivity index (χ0n) is 9.76. The van der Waals surface area contributed by atoms with E-state index >= 15 is 0 Å². The van der Waals surface area contributed by atoms with Gasteiger partial charge in [0.25, 0.3) is 0 Å². The van der Waals surface area contributed by atoms with Crippen molar-refractivity contribution in [3.05, 3.63) is 42.5 Å². The maximum absolute atomic E-state index is 13.3. The number of imidazole rings is 1. The summed E-state index contributed by atoms with van der Waals surface area (Å²) in [5.74, 6) is 0.305. The summed E-state index contributed by atoms with van der Waals surface area (Å²) in [7, 11) is 1.87. The quantitative estimate of drug-likeness (QED) is 0.666. The first kappa shape index (κ1) is 10.7. The number of fused-ring (bicyclic) bond motifs is 1. The summed E-state index contributed by atoms with van der Waals surface area (Å²) in [6.07, 6.45) is 3.37. The summed E-state index contributed by atoms with van der Waals surface area (Å²) in [5.41, 5.74) is 8.67. The van der Waals surface area contributed by atoms with Gasteiger partial charge in [-0.05, 0) is 24.3 Å². The molecule has 0 saturated carbocycles. The Morgan fingerprint density at radius 2 is 2.11 bits per heavy atom. The summed E-state index contributed by atoms with van der Waals surface area (Å²) in [5, 5.41) is 0. The SMILES string of the molecule is Cn1c(-c2cc(F)ccc2N)nc2cnccc21. The molecule has 0 radical (unpaired) electrons. The predicted octanol–water partition coefficient (Wildman–Crippen LogP) is 2.36. The molecule has 3 rings (SSSR count). The van der Waals surface area contributed by atoms with Crippen LogP contribution in [0.4, 0.5) is 10.1 Å². The molecule has 1 aromatic carbocycles. The van der Waals surface area contributed by atoms with Crippen LogP contribution in [0.3, 0.4) is 0 Å². The first-order valence-corrected chi connectivity index (χ1v) is 5.48. The molecular formula is C13H11FN4. The molecule has 18 heavy (non-hydrogen) atoms. The van der Waals surface area contributed by atoms with E-state index in [1.165, 1.54) is 12.1 Å². The number of hydrogen-bond donors (Lipinski definition) is 1. The van der Waals surface area contributed by atoms with E-state index in [0.29, 0.717) is 17.1 Å². The van der Waals surface area contributed by atoms with E-state index in [2.05, 4.69) is 9.97 Å². The number of aryl methyl sites for hydroxylation is 1. The lowest BCUT2D eigenvalue weighted by atomic mass is 10.1. The van der Waals surface area contributed by atoms with Crippen molar-refractivity contribution in [2.24, 2.45) is 7.05 Å². The topological polar surface area (TPSA) is 56.7 Å². The molecule has 0 bridgehead atoms. The van der Waals surface area contributed by atoms with Gasteiger partial charge in [-0.25, -0.2) is 9.37 Å². The summed E-state index contributed by atoms with van der Waals surface area (Å²) in [4.78, 5) is 8.46. The average Bonchev–Trinajstić information content (AvgIpc) is 2.71. The Morgan fingerprint density at radius 1 is 1.28 bits per heavy atom. The van der Waals surface area contributed by atoms with E-state index < -0.39 is 0 Å². The van der Waals surface area contributed by atoms with Crippen LogP contribution in [-0.4, -0.2) is 14.5 Å². The molecule has 0 spiro atoms. The van der Waals surface area contributed by atoms with Crippen LogP contribution >= 0.6 is 0 Å². The average molecular weight is 242 g/mol. The number of hydrogen-bond acceptors (Lipinski definition) is 3. The van der Waals surface area contributed by atoms with Crippen LogP contribution in [0.2, 0.25) is 0 Å². The van der Waals surface area contributed by atoms with Crippen LogP contribution in [0.5, 0.6) is 0 Å². The Bertz CT molecular complexity index is 733. The van der Waals surface area contributed by atoms with Crippen LogP contribution in [-0.2, 0) is 7.05 Å². The van der Waals surface area contributed by atoms with E-state index in [4.69, 9.17) is 5.73 Å². The molecule has 90 valence electrons. The Kier molecular flexibility index (Phi) is 2.26. The number of halogens is 1. The minimum atomic E-state index is -0.329. The van der Waals surface area contributed by atoms with Gasteiger partial charge in [-0.1, -0.05) is 0 Å². The second kappa shape index (κ2) is 3.80. The van der Waals surface area contributed by atoms with Crippen molar-refractivity contribution in [3.63, 3.8) is 0 Å². The number of benzene rings is 1. The first-order valence-electron chi connectivity index (χ1n) is 5.48. The monoisotopic (exact) mass is 242 g/mol. The van der Waals surface area contributed by atoms with E-state index in [0.717, 1.165) is 11.0 Å². The number of nitrogens with zero attached hydrogens (tertiary/aromatic N) is 3. The third kappa shape index (κ3) is 1.52. The van der Waals surface area contributed by atoms with Crippen molar-refractivity contribution in [2.75, 3.05) is 5.73 Å². The third-order valence-corrected chi connectivity index (χ3v) is 2.94. The molecule has 0 aliphatic carbocycles. The van der Waals surface area contributed by atoms with Crippen molar-refractivity contribution in [1.82, 2.24) is 14.5 Å². The van der Waals surface area contributed by atoms with Crippen LogP contribution < -0.4 is 5.73 Å². The van der Waals surface area contributed by atoms with E-state index in [1.807, 2.05) is 17.7 Å². The molecule has 2 aromatic heterocycles. The van der Waals surface area contributed by atoms with Crippen LogP contribution in [0.25, 0.3) is 22.4 Å². The smallest absolute Gasteiger partial charge is 0.143 e. The standard InChI is InChI=1S/C13H11FN4/c1-18-12-4-5-16-7-11(12)17-13(18)9-6-8(14)2-3-10(9)15/h2-7H,15H2,1H3.